The van der Waals surface area contributed by atoms with E-state index >= 15 is 0 Å². The van der Waals surface area contributed by atoms with Gasteiger partial charge in [0.25, 0.3) is 5.56 Å². The maximum Gasteiger partial charge on any atom is 0.407 e. The quantitative estimate of drug-likeness (QED) is 0.116. The fraction of sp³-hybridized carbons (Fsp3) is 0.444. The van der Waals surface area contributed by atoms with Crippen molar-refractivity contribution < 1.29 is 29.0 Å². The molecule has 0 bridgehead atoms. The maximum absolute atomic E-state index is 14.0. The SMILES string of the molecule is CC(=O)N[C@@H](CC(N)=O)C(=O)NC[C@](OC1CC1)(c1ccccc1)c1nc(N2CCC(N3C[C@@H](C)N(C(=O)O)C[C@@H]3C)CC2)nc2ccc(-c3cn(C)c(=O)c4[nH]ccc34)cc12. The van der Waals surface area contributed by atoms with Gasteiger partial charge in [-0.05, 0) is 68.9 Å². The fourth-order valence-electron chi connectivity index (χ4n) is 9.21. The van der Waals surface area contributed by atoms with Crippen LogP contribution >= 0.6 is 0 Å². The Hall–Kier alpha value is -6.33. The van der Waals surface area contributed by atoms with Crippen molar-refractivity contribution >= 4 is 51.6 Å². The molecule has 1 saturated carbocycles. The van der Waals surface area contributed by atoms with E-state index in [4.69, 9.17) is 20.4 Å². The van der Waals surface area contributed by atoms with Crippen LogP contribution in [-0.2, 0) is 31.8 Å². The molecular weight excluding hydrogens is 793 g/mol. The summed E-state index contributed by atoms with van der Waals surface area (Å²) in [6, 6.07) is 16.4. The van der Waals surface area contributed by atoms with Crippen LogP contribution in [0.4, 0.5) is 10.7 Å². The normalized spacial score (nSPS) is 20.2. The van der Waals surface area contributed by atoms with Crippen molar-refractivity contribution in [3.05, 3.63) is 88.6 Å². The van der Waals surface area contributed by atoms with Crippen LogP contribution in [0.5, 0.6) is 0 Å². The number of carbonyl (C=O) groups excluding carboxylic acids is 3. The maximum atomic E-state index is 14.0. The Kier molecular flexibility index (Phi) is 11.8. The van der Waals surface area contributed by atoms with Crippen molar-refractivity contribution in [2.75, 3.05) is 37.6 Å². The standard InChI is InChI=1S/C45H54N10O7/c1-26-23-55(44(60)61)27(2)22-54(26)31-15-18-53(19-16-31)43-50-36-13-10-29(35-24-52(4)42(59)39-33(35)14-17-47-39)20-34(36)40(51-43)45(62-32-11-12-32,30-8-6-5-7-9-30)25-48-41(58)37(21-38(46)57)49-28(3)56/h5-10,13-14,17,20,24,26-27,31-32,37,47H,11-12,15-16,18-19,21-23,25H2,1-4H3,(H2,46,57)(H,48,58)(H,49,56)(H,60,61)/t26-,27+,37-,45-/m0/s1. The van der Waals surface area contributed by atoms with Gasteiger partial charge in [0.15, 0.2) is 5.60 Å². The molecule has 62 heavy (non-hydrogen) atoms. The van der Waals surface area contributed by atoms with Crippen LogP contribution in [0.1, 0.15) is 64.1 Å². The predicted molar refractivity (Wildman–Crippen MR) is 233 cm³/mol. The molecule has 0 spiro atoms. The van der Waals surface area contributed by atoms with Gasteiger partial charge in [0.1, 0.15) is 11.6 Å². The Balaban J connectivity index is 1.24. The molecule has 5 aromatic rings. The van der Waals surface area contributed by atoms with Gasteiger partial charge in [0.05, 0.1) is 30.3 Å². The summed E-state index contributed by atoms with van der Waals surface area (Å²) in [6.07, 6.45) is 5.37. The highest BCUT2D eigenvalue weighted by Crippen LogP contribution is 2.43. The molecule has 0 unspecified atom stereocenters. The molecule has 4 atom stereocenters. The number of pyridine rings is 1. The van der Waals surface area contributed by atoms with Gasteiger partial charge in [0.2, 0.25) is 23.7 Å². The predicted octanol–water partition coefficient (Wildman–Crippen LogP) is 3.44. The molecule has 6 N–H and O–H groups in total. The second-order valence-corrected chi connectivity index (χ2v) is 17.0. The van der Waals surface area contributed by atoms with Crippen LogP contribution in [-0.4, -0.2) is 121 Å². The van der Waals surface area contributed by atoms with Crippen molar-refractivity contribution in [1.29, 1.82) is 0 Å². The molecule has 17 nitrogen and oxygen atoms in total. The number of piperidine rings is 1. The highest BCUT2D eigenvalue weighted by atomic mass is 16.5. The van der Waals surface area contributed by atoms with E-state index in [1.807, 2.05) is 67.7 Å². The number of benzene rings is 2. The molecular formula is C45H54N10O7. The summed E-state index contributed by atoms with van der Waals surface area (Å²) in [4.78, 5) is 83.0. The first-order valence-corrected chi connectivity index (χ1v) is 21.3. The van der Waals surface area contributed by atoms with Gasteiger partial charge in [-0.1, -0.05) is 36.4 Å². The Morgan fingerprint density at radius 3 is 2.40 bits per heavy atom. The minimum atomic E-state index is -1.39. The molecule has 5 heterocycles. The van der Waals surface area contributed by atoms with E-state index in [0.717, 1.165) is 47.8 Å². The fourth-order valence-corrected chi connectivity index (χ4v) is 9.21. The zero-order valence-electron chi connectivity index (χ0n) is 35.5. The Morgan fingerprint density at radius 2 is 1.73 bits per heavy atom. The lowest BCUT2D eigenvalue weighted by atomic mass is 9.86. The molecule has 2 aromatic carbocycles. The average Bonchev–Trinajstić information content (AvgIpc) is 3.93. The second-order valence-electron chi connectivity index (χ2n) is 17.0. The topological polar surface area (TPSA) is 221 Å². The van der Waals surface area contributed by atoms with Gasteiger partial charge in [-0.2, -0.15) is 0 Å². The molecule has 17 heteroatoms. The number of nitrogens with two attached hydrogens (primary N) is 1. The van der Waals surface area contributed by atoms with Crippen LogP contribution in [0.2, 0.25) is 0 Å². The zero-order chi connectivity index (χ0) is 43.9. The van der Waals surface area contributed by atoms with Gasteiger partial charge in [-0.15, -0.1) is 0 Å². The van der Waals surface area contributed by atoms with Crippen molar-refractivity contribution in [2.24, 2.45) is 12.8 Å². The van der Waals surface area contributed by atoms with Crippen LogP contribution in [0, 0.1) is 0 Å². The molecule has 4 amide bonds. The molecule has 0 radical (unpaired) electrons. The third-order valence-corrected chi connectivity index (χ3v) is 12.5. The Bertz CT molecular complexity index is 2550. The van der Waals surface area contributed by atoms with Crippen LogP contribution < -0.4 is 26.8 Å². The van der Waals surface area contributed by atoms with Crippen LogP contribution in [0.15, 0.2) is 71.8 Å². The minimum Gasteiger partial charge on any atom is -0.465 e. The van der Waals surface area contributed by atoms with Crippen molar-refractivity contribution in [3.8, 4) is 11.1 Å². The molecule has 8 rings (SSSR count). The first kappa shape index (κ1) is 42.4. The summed E-state index contributed by atoms with van der Waals surface area (Å²) in [5.74, 6) is -1.33. The number of hydrogen-bond donors (Lipinski definition) is 5. The summed E-state index contributed by atoms with van der Waals surface area (Å²) in [6.45, 7) is 7.63. The van der Waals surface area contributed by atoms with Crippen LogP contribution in [0.25, 0.3) is 32.9 Å². The van der Waals surface area contributed by atoms with Gasteiger partial charge in [-0.3, -0.25) is 24.1 Å². The number of fused-ring (bicyclic) bond motifs is 2. The minimum absolute atomic E-state index is 0.0746. The van der Waals surface area contributed by atoms with Crippen molar-refractivity contribution in [3.63, 3.8) is 0 Å². The number of ether oxygens (including phenoxy) is 1. The lowest BCUT2D eigenvalue weighted by Gasteiger charge is -2.48. The number of carboxylic acid groups (broad SMARTS) is 1. The zero-order valence-corrected chi connectivity index (χ0v) is 35.5. The first-order chi connectivity index (χ1) is 29.7. The largest absolute Gasteiger partial charge is 0.465 e. The Labute approximate surface area is 358 Å². The number of anilines is 1. The number of rotatable bonds is 13. The number of aryl methyl sites for hydroxylation is 1. The molecule has 3 aliphatic rings. The highest BCUT2D eigenvalue weighted by Gasteiger charge is 2.45. The van der Waals surface area contributed by atoms with Crippen LogP contribution in [0.3, 0.4) is 0 Å². The molecule has 2 aliphatic heterocycles. The van der Waals surface area contributed by atoms with E-state index < -0.39 is 41.9 Å². The number of aromatic amines is 1. The summed E-state index contributed by atoms with van der Waals surface area (Å²) in [5, 5.41) is 16.8. The molecule has 2 saturated heterocycles. The average molecular weight is 847 g/mol. The number of hydrogen-bond acceptors (Lipinski definition) is 10. The number of nitrogens with one attached hydrogen (secondary N) is 3. The lowest BCUT2D eigenvalue weighted by Crippen LogP contribution is -2.61. The van der Waals surface area contributed by atoms with E-state index in [1.54, 1.807) is 17.8 Å². The van der Waals surface area contributed by atoms with Crippen molar-refractivity contribution in [2.45, 2.75) is 88.7 Å². The number of carbonyl (C=O) groups is 4. The van der Waals surface area contributed by atoms with E-state index in [9.17, 15) is 29.1 Å². The van der Waals surface area contributed by atoms with E-state index in [-0.39, 0.29) is 36.3 Å². The Morgan fingerprint density at radius 1 is 0.984 bits per heavy atom. The number of amides is 4. The molecule has 326 valence electrons. The lowest BCUT2D eigenvalue weighted by molar-refractivity contribution is -0.131. The summed E-state index contributed by atoms with van der Waals surface area (Å²) in [7, 11) is 1.72. The summed E-state index contributed by atoms with van der Waals surface area (Å²) < 4.78 is 8.69. The van der Waals surface area contributed by atoms with Gasteiger partial charge < -0.3 is 45.6 Å². The second kappa shape index (κ2) is 17.2. The first-order valence-electron chi connectivity index (χ1n) is 21.3. The molecule has 3 aromatic heterocycles. The van der Waals surface area contributed by atoms with E-state index in [1.165, 1.54) is 11.8 Å². The number of aromatic nitrogens is 4. The van der Waals surface area contributed by atoms with E-state index in [0.29, 0.717) is 54.2 Å². The van der Waals surface area contributed by atoms with Gasteiger partial charge >= 0.3 is 6.09 Å². The number of piperazine rings is 1. The monoisotopic (exact) mass is 846 g/mol. The van der Waals surface area contributed by atoms with Gasteiger partial charge in [-0.25, -0.2) is 14.8 Å². The molecule has 1 aliphatic carbocycles. The summed E-state index contributed by atoms with van der Waals surface area (Å²) in [5.41, 5.74) is 7.99. The molecule has 3 fully saturated rings. The number of primary amides is 1. The van der Waals surface area contributed by atoms with Crippen molar-refractivity contribution in [1.82, 2.24) is 40.0 Å². The summed E-state index contributed by atoms with van der Waals surface area (Å²) >= 11 is 0. The number of nitrogens with zero attached hydrogens (tertiary/aromatic N) is 6. The number of H-pyrrole nitrogens is 1. The highest BCUT2D eigenvalue weighted by molar-refractivity contribution is 5.97. The third kappa shape index (κ3) is 8.46. The van der Waals surface area contributed by atoms with E-state index in [2.05, 4.69) is 32.3 Å². The smallest absolute Gasteiger partial charge is 0.407 e. The van der Waals surface area contributed by atoms with Gasteiger partial charge in [0, 0.05) is 87.0 Å². The third-order valence-electron chi connectivity index (χ3n) is 12.5.